The zero-order valence-electron chi connectivity index (χ0n) is 15.9. The molecule has 3 heterocycles. The van der Waals surface area contributed by atoms with E-state index in [-0.39, 0.29) is 17.9 Å². The first kappa shape index (κ1) is 19.9. The molecule has 0 bridgehead atoms. The van der Waals surface area contributed by atoms with E-state index >= 15 is 0 Å². The average Bonchev–Trinajstić information content (AvgIpc) is 3.38. The third-order valence-corrected chi connectivity index (χ3v) is 4.74. The minimum Gasteiger partial charge on any atom is -0.492 e. The molecule has 7 nitrogen and oxygen atoms in total. The fourth-order valence-electron chi connectivity index (χ4n) is 3.40. The number of hydrogen-bond donors (Lipinski definition) is 2. The van der Waals surface area contributed by atoms with Crippen LogP contribution in [0.5, 0.6) is 5.75 Å². The number of halogens is 3. The van der Waals surface area contributed by atoms with E-state index in [1.165, 1.54) is 12.3 Å². The van der Waals surface area contributed by atoms with Crippen molar-refractivity contribution < 1.29 is 27.1 Å². The van der Waals surface area contributed by atoms with Gasteiger partial charge in [-0.1, -0.05) is 12.1 Å². The van der Waals surface area contributed by atoms with Gasteiger partial charge in [-0.25, -0.2) is 4.68 Å². The summed E-state index contributed by atoms with van der Waals surface area (Å²) >= 11 is 0. The van der Waals surface area contributed by atoms with Crippen molar-refractivity contribution in [2.75, 3.05) is 17.2 Å². The molecule has 0 fully saturated rings. The van der Waals surface area contributed by atoms with Crippen LogP contribution < -0.4 is 15.4 Å². The van der Waals surface area contributed by atoms with E-state index in [1.807, 2.05) is 0 Å². The topological polar surface area (TPSA) is 81.3 Å². The van der Waals surface area contributed by atoms with Gasteiger partial charge in [0.1, 0.15) is 17.3 Å². The average molecular weight is 420 g/mol. The van der Waals surface area contributed by atoms with Gasteiger partial charge in [-0.3, -0.25) is 4.79 Å². The summed E-state index contributed by atoms with van der Waals surface area (Å²) < 4.78 is 52.6. The van der Waals surface area contributed by atoms with Gasteiger partial charge in [0.25, 0.3) is 5.91 Å². The Kier molecular flexibility index (Phi) is 5.15. The van der Waals surface area contributed by atoms with Crippen LogP contribution in [0.2, 0.25) is 0 Å². The normalized spacial score (nSPS) is 18.4. The molecule has 1 aliphatic rings. The Bertz CT molecular complexity index is 1030. The van der Waals surface area contributed by atoms with E-state index < -0.39 is 24.2 Å². The highest BCUT2D eigenvalue weighted by molar-refractivity contribution is 6.04. The Labute approximate surface area is 169 Å². The molecule has 0 spiro atoms. The number of furan rings is 1. The van der Waals surface area contributed by atoms with Crippen molar-refractivity contribution in [3.8, 4) is 5.75 Å². The Morgan fingerprint density at radius 3 is 2.83 bits per heavy atom. The molecule has 2 N–H and O–H groups in total. The number of para-hydroxylation sites is 2. The molecule has 158 valence electrons. The minimum atomic E-state index is -4.54. The minimum absolute atomic E-state index is 0.0909. The molecule has 0 saturated carbocycles. The number of rotatable bonds is 5. The number of nitrogens with one attached hydrogen (secondary N) is 2. The van der Waals surface area contributed by atoms with Gasteiger partial charge in [-0.05, 0) is 31.2 Å². The summed E-state index contributed by atoms with van der Waals surface area (Å²) in [7, 11) is 0. The van der Waals surface area contributed by atoms with Crippen LogP contribution in [-0.4, -0.2) is 28.5 Å². The third kappa shape index (κ3) is 3.85. The lowest BCUT2D eigenvalue weighted by Crippen LogP contribution is -2.35. The van der Waals surface area contributed by atoms with Gasteiger partial charge in [0.15, 0.2) is 11.7 Å². The fourth-order valence-corrected chi connectivity index (χ4v) is 3.40. The lowest BCUT2D eigenvalue weighted by molar-refractivity contribution is -0.174. The van der Waals surface area contributed by atoms with Gasteiger partial charge >= 0.3 is 6.18 Å². The van der Waals surface area contributed by atoms with Crippen LogP contribution in [0.25, 0.3) is 0 Å². The van der Waals surface area contributed by atoms with E-state index in [2.05, 4.69) is 15.7 Å². The first-order valence-electron chi connectivity index (χ1n) is 9.36. The molecule has 2 atom stereocenters. The van der Waals surface area contributed by atoms with Crippen molar-refractivity contribution in [1.29, 1.82) is 0 Å². The summed E-state index contributed by atoms with van der Waals surface area (Å²) in [5.41, 5.74) is 0.266. The monoisotopic (exact) mass is 420 g/mol. The van der Waals surface area contributed by atoms with Gasteiger partial charge in [0, 0.05) is 12.5 Å². The van der Waals surface area contributed by atoms with E-state index in [4.69, 9.17) is 9.15 Å². The number of amides is 1. The molecule has 0 unspecified atom stereocenters. The first-order chi connectivity index (χ1) is 14.4. The molecule has 30 heavy (non-hydrogen) atoms. The fraction of sp³-hybridized carbons (Fsp3) is 0.300. The third-order valence-electron chi connectivity index (χ3n) is 4.74. The van der Waals surface area contributed by atoms with Gasteiger partial charge < -0.3 is 19.8 Å². The van der Waals surface area contributed by atoms with Crippen molar-refractivity contribution in [3.63, 3.8) is 0 Å². The second-order valence-corrected chi connectivity index (χ2v) is 6.75. The lowest BCUT2D eigenvalue weighted by Gasteiger charge is -2.32. The van der Waals surface area contributed by atoms with E-state index in [1.54, 1.807) is 43.3 Å². The maximum absolute atomic E-state index is 13.7. The Hall–Kier alpha value is -3.43. The Morgan fingerprint density at radius 2 is 2.13 bits per heavy atom. The van der Waals surface area contributed by atoms with Crippen molar-refractivity contribution in [2.24, 2.45) is 0 Å². The van der Waals surface area contributed by atoms with Crippen molar-refractivity contribution in [1.82, 2.24) is 9.78 Å². The number of alkyl halides is 3. The second kappa shape index (κ2) is 7.77. The predicted octanol–water partition coefficient (Wildman–Crippen LogP) is 4.79. The smallest absolute Gasteiger partial charge is 0.410 e. The van der Waals surface area contributed by atoms with Crippen molar-refractivity contribution in [2.45, 2.75) is 31.6 Å². The molecule has 4 rings (SSSR count). The van der Waals surface area contributed by atoms with Crippen LogP contribution in [-0.2, 0) is 0 Å². The van der Waals surface area contributed by atoms with E-state index in [9.17, 15) is 18.0 Å². The summed E-state index contributed by atoms with van der Waals surface area (Å²) in [5.74, 6) is 0.296. The Balaban J connectivity index is 1.63. The quantitative estimate of drug-likeness (QED) is 0.621. The second-order valence-electron chi connectivity index (χ2n) is 6.75. The molecule has 0 radical (unpaired) electrons. The maximum Gasteiger partial charge on any atom is 0.410 e. The van der Waals surface area contributed by atoms with E-state index in [0.29, 0.717) is 23.8 Å². The van der Waals surface area contributed by atoms with Crippen LogP contribution in [0.4, 0.5) is 24.7 Å². The molecular weight excluding hydrogens is 401 g/mol. The molecule has 2 aromatic heterocycles. The van der Waals surface area contributed by atoms with Crippen LogP contribution in [0.15, 0.2) is 53.1 Å². The molecular formula is C20H19F3N4O3. The highest BCUT2D eigenvalue weighted by Crippen LogP contribution is 2.43. The number of benzene rings is 1. The molecule has 0 saturated heterocycles. The lowest BCUT2D eigenvalue weighted by atomic mass is 10.0. The molecule has 0 aliphatic carbocycles. The predicted molar refractivity (Wildman–Crippen MR) is 103 cm³/mol. The van der Waals surface area contributed by atoms with E-state index in [0.717, 1.165) is 4.68 Å². The standard InChI is InChI=1S/C20H19F3N4O3/c1-2-29-15-7-4-3-6-12(15)25-19(28)14-11-18-24-13(16-8-5-9-30-16)10-17(20(21,22)23)27(18)26-14/h3-9,11,13,17,24H,2,10H2,1H3,(H,25,28)/t13-,17-/m1/s1. The first-order valence-corrected chi connectivity index (χ1v) is 9.36. The highest BCUT2D eigenvalue weighted by Gasteiger charge is 2.47. The van der Waals surface area contributed by atoms with Gasteiger partial charge in [-0.15, -0.1) is 0 Å². The van der Waals surface area contributed by atoms with Gasteiger partial charge in [-0.2, -0.15) is 18.3 Å². The zero-order valence-corrected chi connectivity index (χ0v) is 15.9. The number of aromatic nitrogens is 2. The summed E-state index contributed by atoms with van der Waals surface area (Å²) in [4.78, 5) is 12.7. The molecule has 1 aromatic carbocycles. The molecule has 1 aliphatic heterocycles. The summed E-state index contributed by atoms with van der Waals surface area (Å²) in [6.07, 6.45) is -3.44. The highest BCUT2D eigenvalue weighted by atomic mass is 19.4. The molecule has 1 amide bonds. The summed E-state index contributed by atoms with van der Waals surface area (Å²) in [5, 5.41) is 9.56. The van der Waals surface area contributed by atoms with Crippen LogP contribution in [0.1, 0.15) is 41.7 Å². The number of hydrogen-bond acceptors (Lipinski definition) is 5. The number of carbonyl (C=O) groups excluding carboxylic acids is 1. The summed E-state index contributed by atoms with van der Waals surface area (Å²) in [6.45, 7) is 2.21. The van der Waals surface area contributed by atoms with Crippen molar-refractivity contribution >= 4 is 17.4 Å². The molecule has 3 aromatic rings. The SMILES string of the molecule is CCOc1ccccc1NC(=O)c1cc2n(n1)[C@@H](C(F)(F)F)C[C@H](c1ccco1)N2. The number of fused-ring (bicyclic) bond motifs is 1. The number of nitrogens with zero attached hydrogens (tertiary/aromatic N) is 2. The van der Waals surface area contributed by atoms with Crippen LogP contribution in [0, 0.1) is 0 Å². The number of ether oxygens (including phenoxy) is 1. The largest absolute Gasteiger partial charge is 0.492 e. The summed E-state index contributed by atoms with van der Waals surface area (Å²) in [6, 6.07) is 8.73. The zero-order chi connectivity index (χ0) is 21.3. The van der Waals surface area contributed by atoms with Crippen LogP contribution >= 0.6 is 0 Å². The van der Waals surface area contributed by atoms with Crippen molar-refractivity contribution in [3.05, 3.63) is 60.2 Å². The van der Waals surface area contributed by atoms with Crippen LogP contribution in [0.3, 0.4) is 0 Å². The number of carbonyl (C=O) groups is 1. The van der Waals surface area contributed by atoms with Gasteiger partial charge in [0.2, 0.25) is 0 Å². The van der Waals surface area contributed by atoms with Gasteiger partial charge in [0.05, 0.1) is 24.6 Å². The molecule has 10 heteroatoms. The Morgan fingerprint density at radius 1 is 1.33 bits per heavy atom. The number of anilines is 2. The maximum atomic E-state index is 13.7.